The van der Waals surface area contributed by atoms with Crippen molar-refractivity contribution in [2.45, 2.75) is 45.6 Å². The second kappa shape index (κ2) is 4.30. The molecule has 1 N–H and O–H groups in total. The van der Waals surface area contributed by atoms with Gasteiger partial charge in [0.1, 0.15) is 0 Å². The van der Waals surface area contributed by atoms with Crippen LogP contribution in [0.2, 0.25) is 0 Å². The summed E-state index contributed by atoms with van der Waals surface area (Å²) >= 11 is 0. The average Bonchev–Trinajstić information content (AvgIpc) is 2.44. The lowest BCUT2D eigenvalue weighted by Crippen LogP contribution is -2.47. The zero-order valence-electron chi connectivity index (χ0n) is 10.3. The number of nitrogens with one attached hydrogen (secondary N) is 1. The summed E-state index contributed by atoms with van der Waals surface area (Å²) in [4.78, 5) is 0. The molecule has 1 saturated heterocycles. The Morgan fingerprint density at radius 3 is 2.44 bits per heavy atom. The molecule has 0 amide bonds. The van der Waals surface area contributed by atoms with Crippen LogP contribution >= 0.6 is 0 Å². The molecule has 2 fully saturated rings. The van der Waals surface area contributed by atoms with Gasteiger partial charge in [0.2, 0.25) is 0 Å². The Morgan fingerprint density at radius 2 is 2.06 bits per heavy atom. The smallest absolute Gasteiger partial charge is 0.150 e. The molecule has 0 radical (unpaired) electrons. The fourth-order valence-corrected chi connectivity index (χ4v) is 4.99. The van der Waals surface area contributed by atoms with Crippen LogP contribution in [0.4, 0.5) is 0 Å². The van der Waals surface area contributed by atoms with Gasteiger partial charge in [-0.25, -0.2) is 8.42 Å². The summed E-state index contributed by atoms with van der Waals surface area (Å²) in [6.07, 6.45) is 4.60. The van der Waals surface area contributed by atoms with E-state index in [9.17, 15) is 8.42 Å². The van der Waals surface area contributed by atoms with Crippen molar-refractivity contribution < 1.29 is 8.42 Å². The third-order valence-corrected chi connectivity index (χ3v) is 6.08. The number of sulfone groups is 1. The minimum atomic E-state index is -2.72. The molecule has 1 saturated carbocycles. The molecule has 94 valence electrons. The summed E-state index contributed by atoms with van der Waals surface area (Å²) in [5.74, 6) is 1.27. The summed E-state index contributed by atoms with van der Waals surface area (Å²) in [7, 11) is -2.72. The predicted molar refractivity (Wildman–Crippen MR) is 66.2 cm³/mol. The fourth-order valence-electron chi connectivity index (χ4n) is 3.05. The zero-order valence-corrected chi connectivity index (χ0v) is 11.1. The Morgan fingerprint density at radius 1 is 1.38 bits per heavy atom. The van der Waals surface area contributed by atoms with E-state index < -0.39 is 9.84 Å². The van der Waals surface area contributed by atoms with E-state index in [1.54, 1.807) is 0 Å². The standard InChI is InChI=1S/C12H23NO2S/c1-10(2)13-9-12(5-3-6-12)11-4-7-16(14,15)8-11/h10-11,13H,3-9H2,1-2H3. The largest absolute Gasteiger partial charge is 0.314 e. The SMILES string of the molecule is CC(C)NCC1(C2CCS(=O)(=O)C2)CCC1. The number of rotatable bonds is 4. The Hall–Kier alpha value is -0.0900. The first-order valence-electron chi connectivity index (χ1n) is 6.37. The lowest BCUT2D eigenvalue weighted by atomic mass is 9.61. The van der Waals surface area contributed by atoms with Crippen LogP contribution in [0.25, 0.3) is 0 Å². The van der Waals surface area contributed by atoms with E-state index in [-0.39, 0.29) is 0 Å². The molecule has 4 heteroatoms. The van der Waals surface area contributed by atoms with Crippen molar-refractivity contribution in [1.82, 2.24) is 5.32 Å². The molecule has 1 aliphatic heterocycles. The quantitative estimate of drug-likeness (QED) is 0.818. The molecule has 0 aromatic rings. The average molecular weight is 245 g/mol. The number of hydrogen-bond acceptors (Lipinski definition) is 3. The molecular formula is C12H23NO2S. The van der Waals surface area contributed by atoms with Gasteiger partial charge in [-0.15, -0.1) is 0 Å². The first kappa shape index (κ1) is 12.4. The zero-order chi connectivity index (χ0) is 11.8. The van der Waals surface area contributed by atoms with Gasteiger partial charge in [-0.1, -0.05) is 20.3 Å². The van der Waals surface area contributed by atoms with E-state index >= 15 is 0 Å². The highest BCUT2D eigenvalue weighted by atomic mass is 32.2. The molecule has 0 aromatic heterocycles. The van der Waals surface area contributed by atoms with Gasteiger partial charge < -0.3 is 5.32 Å². The van der Waals surface area contributed by atoms with Crippen LogP contribution in [0.3, 0.4) is 0 Å². The fraction of sp³-hybridized carbons (Fsp3) is 1.00. The monoisotopic (exact) mass is 245 g/mol. The lowest BCUT2D eigenvalue weighted by Gasteiger charge is -2.47. The van der Waals surface area contributed by atoms with Crippen molar-refractivity contribution in [2.75, 3.05) is 18.1 Å². The van der Waals surface area contributed by atoms with Gasteiger partial charge in [-0.05, 0) is 30.6 Å². The normalized spacial score (nSPS) is 31.6. The number of hydrogen-bond donors (Lipinski definition) is 1. The van der Waals surface area contributed by atoms with E-state index in [0.717, 1.165) is 13.0 Å². The summed E-state index contributed by atoms with van der Waals surface area (Å²) in [5, 5.41) is 3.50. The van der Waals surface area contributed by atoms with Gasteiger partial charge in [0.05, 0.1) is 11.5 Å². The Kier molecular flexibility index (Phi) is 3.32. The summed E-state index contributed by atoms with van der Waals surface area (Å²) in [5.41, 5.74) is 0.299. The van der Waals surface area contributed by atoms with Gasteiger partial charge in [-0.2, -0.15) is 0 Å². The van der Waals surface area contributed by atoms with Crippen molar-refractivity contribution in [1.29, 1.82) is 0 Å². The lowest BCUT2D eigenvalue weighted by molar-refractivity contribution is 0.0595. The molecule has 2 aliphatic rings. The van der Waals surface area contributed by atoms with Gasteiger partial charge in [-0.3, -0.25) is 0 Å². The summed E-state index contributed by atoms with van der Waals surface area (Å²) in [6.45, 7) is 5.31. The first-order chi connectivity index (χ1) is 7.44. The van der Waals surface area contributed by atoms with E-state index in [0.29, 0.717) is 28.9 Å². The first-order valence-corrected chi connectivity index (χ1v) is 8.19. The topological polar surface area (TPSA) is 46.2 Å². The van der Waals surface area contributed by atoms with Crippen molar-refractivity contribution in [3.05, 3.63) is 0 Å². The van der Waals surface area contributed by atoms with Crippen molar-refractivity contribution in [3.63, 3.8) is 0 Å². The molecule has 1 atom stereocenters. The van der Waals surface area contributed by atoms with Crippen molar-refractivity contribution >= 4 is 9.84 Å². The van der Waals surface area contributed by atoms with Crippen LogP contribution < -0.4 is 5.32 Å². The van der Waals surface area contributed by atoms with Crippen LogP contribution in [-0.2, 0) is 9.84 Å². The van der Waals surface area contributed by atoms with E-state index in [1.165, 1.54) is 19.3 Å². The van der Waals surface area contributed by atoms with Crippen LogP contribution in [0.5, 0.6) is 0 Å². The van der Waals surface area contributed by atoms with E-state index in [2.05, 4.69) is 19.2 Å². The highest BCUT2D eigenvalue weighted by Crippen LogP contribution is 2.50. The van der Waals surface area contributed by atoms with E-state index in [4.69, 9.17) is 0 Å². The highest BCUT2D eigenvalue weighted by Gasteiger charge is 2.47. The molecule has 1 heterocycles. The summed E-state index contributed by atoms with van der Waals surface area (Å²) < 4.78 is 23.1. The highest BCUT2D eigenvalue weighted by molar-refractivity contribution is 7.91. The molecule has 16 heavy (non-hydrogen) atoms. The molecule has 2 rings (SSSR count). The van der Waals surface area contributed by atoms with Crippen LogP contribution in [0.15, 0.2) is 0 Å². The van der Waals surface area contributed by atoms with Gasteiger partial charge in [0.25, 0.3) is 0 Å². The van der Waals surface area contributed by atoms with E-state index in [1.807, 2.05) is 0 Å². The molecule has 3 nitrogen and oxygen atoms in total. The Balaban J connectivity index is 1.99. The Bertz CT molecular complexity index is 344. The maximum Gasteiger partial charge on any atom is 0.150 e. The predicted octanol–water partition coefficient (Wildman–Crippen LogP) is 1.59. The molecule has 0 aromatic carbocycles. The molecule has 0 spiro atoms. The van der Waals surface area contributed by atoms with Gasteiger partial charge in [0, 0.05) is 12.6 Å². The van der Waals surface area contributed by atoms with Crippen LogP contribution in [-0.4, -0.2) is 32.5 Å². The second-order valence-corrected chi connectivity index (χ2v) is 8.08. The second-order valence-electron chi connectivity index (χ2n) is 5.85. The van der Waals surface area contributed by atoms with Crippen molar-refractivity contribution in [3.8, 4) is 0 Å². The van der Waals surface area contributed by atoms with Gasteiger partial charge in [0.15, 0.2) is 9.84 Å². The minimum absolute atomic E-state index is 0.299. The third kappa shape index (κ3) is 2.43. The van der Waals surface area contributed by atoms with Crippen molar-refractivity contribution in [2.24, 2.45) is 11.3 Å². The third-order valence-electron chi connectivity index (χ3n) is 4.31. The van der Waals surface area contributed by atoms with Crippen LogP contribution in [0, 0.1) is 11.3 Å². The maximum atomic E-state index is 11.5. The molecular weight excluding hydrogens is 222 g/mol. The Labute approximate surface area is 98.9 Å². The minimum Gasteiger partial charge on any atom is -0.314 e. The molecule has 1 unspecified atom stereocenters. The summed E-state index contributed by atoms with van der Waals surface area (Å²) in [6, 6.07) is 0.496. The molecule has 0 bridgehead atoms. The maximum absolute atomic E-state index is 11.5. The van der Waals surface area contributed by atoms with Crippen LogP contribution in [0.1, 0.15) is 39.5 Å². The molecule has 1 aliphatic carbocycles. The van der Waals surface area contributed by atoms with Gasteiger partial charge >= 0.3 is 0 Å².